The van der Waals surface area contributed by atoms with Crippen molar-refractivity contribution in [3.63, 3.8) is 0 Å². The van der Waals surface area contributed by atoms with E-state index in [2.05, 4.69) is 49.6 Å². The van der Waals surface area contributed by atoms with Gasteiger partial charge < -0.3 is 0 Å². The second kappa shape index (κ2) is 31.2. The van der Waals surface area contributed by atoms with Gasteiger partial charge >= 0.3 is 0 Å². The molecule has 1 heterocycles. The van der Waals surface area contributed by atoms with Gasteiger partial charge in [-0.2, -0.15) is 0 Å². The maximum absolute atomic E-state index is 3.75. The van der Waals surface area contributed by atoms with Crippen LogP contribution in [0.5, 0.6) is 0 Å². The van der Waals surface area contributed by atoms with Crippen molar-refractivity contribution in [2.24, 2.45) is 0 Å². The lowest BCUT2D eigenvalue weighted by Gasteiger charge is -2.17. The summed E-state index contributed by atoms with van der Waals surface area (Å²) in [5, 5.41) is 0. The normalized spacial score (nSPS) is 12.5. The lowest BCUT2D eigenvalue weighted by molar-refractivity contribution is -0.727. The first-order valence-electron chi connectivity index (χ1n) is 20.3. The summed E-state index contributed by atoms with van der Waals surface area (Å²) >= 11 is 0. The van der Waals surface area contributed by atoms with Crippen LogP contribution in [-0.4, -0.2) is 4.98 Å². The van der Waals surface area contributed by atoms with Gasteiger partial charge in [0, 0.05) is 0 Å². The molecule has 2 heteroatoms. The van der Waals surface area contributed by atoms with E-state index in [0.717, 1.165) is 0 Å². The summed E-state index contributed by atoms with van der Waals surface area (Å²) in [7, 11) is 0. The number of hydrogen-bond donors (Lipinski definition) is 1. The number of H-pyrrole nitrogens is 1. The van der Waals surface area contributed by atoms with Gasteiger partial charge in [0.2, 0.25) is 0 Å². The molecule has 1 aromatic heterocycles. The van der Waals surface area contributed by atoms with E-state index in [1.165, 1.54) is 211 Å². The van der Waals surface area contributed by atoms with E-state index in [1.807, 2.05) is 0 Å². The van der Waals surface area contributed by atoms with Crippen molar-refractivity contribution < 1.29 is 4.57 Å². The molecule has 0 aliphatic rings. The molecule has 0 aromatic carbocycles. The molecule has 2 nitrogen and oxygen atoms in total. The Bertz CT molecular complexity index is 636. The first kappa shape index (κ1) is 40.2. The van der Waals surface area contributed by atoms with Crippen molar-refractivity contribution in [2.45, 2.75) is 245 Å². The van der Waals surface area contributed by atoms with Gasteiger partial charge in [-0.1, -0.05) is 201 Å². The van der Waals surface area contributed by atoms with Crippen LogP contribution in [0.1, 0.15) is 251 Å². The number of imidazole rings is 1. The second-order valence-electron chi connectivity index (χ2n) is 14.4. The summed E-state index contributed by atoms with van der Waals surface area (Å²) in [6, 6.07) is 0.620. The van der Waals surface area contributed by atoms with Crippen LogP contribution in [-0.2, 0) is 0 Å². The average molecular weight is 602 g/mol. The smallest absolute Gasteiger partial charge is 0.247 e. The van der Waals surface area contributed by atoms with Gasteiger partial charge in [-0.25, -0.2) is 9.55 Å². The Hall–Kier alpha value is -0.790. The standard InChI is InChI=1S/C41H80N2/c1-5-8-11-14-16-18-20-22-24-26-29-32-35-40(36-33-30-27-25-23-21-19-17-15-12-9-6-2)41-42-37-38-43(41)39(4)34-31-28-13-10-7-3/h37-40H,5-36H2,1-4H3/p+1. The van der Waals surface area contributed by atoms with Crippen molar-refractivity contribution in [1.29, 1.82) is 0 Å². The molecule has 0 saturated heterocycles. The first-order chi connectivity index (χ1) is 21.2. The summed E-state index contributed by atoms with van der Waals surface area (Å²) in [4.78, 5) is 3.75. The van der Waals surface area contributed by atoms with Gasteiger partial charge in [0.25, 0.3) is 5.82 Å². The fourth-order valence-electron chi connectivity index (χ4n) is 7.13. The zero-order chi connectivity index (χ0) is 31.1. The highest BCUT2D eigenvalue weighted by atomic mass is 15.1. The Kier molecular flexibility index (Phi) is 29.2. The van der Waals surface area contributed by atoms with Crippen LogP contribution in [0.15, 0.2) is 12.4 Å². The monoisotopic (exact) mass is 602 g/mol. The van der Waals surface area contributed by atoms with Gasteiger partial charge in [0.1, 0.15) is 12.4 Å². The highest BCUT2D eigenvalue weighted by molar-refractivity contribution is 4.90. The zero-order valence-corrected chi connectivity index (χ0v) is 30.4. The van der Waals surface area contributed by atoms with Gasteiger partial charge in [0.05, 0.1) is 12.0 Å². The largest absolute Gasteiger partial charge is 0.257 e. The molecule has 0 saturated carbocycles. The Morgan fingerprint density at radius 3 is 1.09 bits per heavy atom. The summed E-state index contributed by atoms with van der Waals surface area (Å²) in [5.74, 6) is 2.25. The number of aromatic nitrogens is 2. The third-order valence-electron chi connectivity index (χ3n) is 10.1. The van der Waals surface area contributed by atoms with Gasteiger partial charge in [-0.05, 0) is 32.6 Å². The van der Waals surface area contributed by atoms with E-state index in [0.29, 0.717) is 12.0 Å². The van der Waals surface area contributed by atoms with Crippen molar-refractivity contribution in [1.82, 2.24) is 4.98 Å². The summed E-state index contributed by atoms with van der Waals surface area (Å²) in [6.45, 7) is 9.41. The fourth-order valence-corrected chi connectivity index (χ4v) is 7.13. The Balaban J connectivity index is 2.39. The molecule has 1 unspecified atom stereocenters. The minimum atomic E-state index is 0.620. The summed E-state index contributed by atoms with van der Waals surface area (Å²) in [6.07, 6.45) is 50.2. The molecule has 0 spiro atoms. The van der Waals surface area contributed by atoms with Crippen molar-refractivity contribution >= 4 is 0 Å². The minimum Gasteiger partial charge on any atom is -0.247 e. The number of aromatic amines is 1. The molecule has 0 radical (unpaired) electrons. The number of rotatable bonds is 34. The van der Waals surface area contributed by atoms with Crippen molar-refractivity contribution in [3.8, 4) is 0 Å². The molecular weight excluding hydrogens is 520 g/mol. The molecular formula is C41H81N2+. The Labute approximate surface area is 272 Å². The van der Waals surface area contributed by atoms with Crippen LogP contribution in [0.2, 0.25) is 0 Å². The topological polar surface area (TPSA) is 19.7 Å². The molecule has 1 atom stereocenters. The van der Waals surface area contributed by atoms with Crippen LogP contribution in [0.3, 0.4) is 0 Å². The van der Waals surface area contributed by atoms with Gasteiger partial charge in [-0.15, -0.1) is 0 Å². The summed E-state index contributed by atoms with van der Waals surface area (Å²) < 4.78 is 2.63. The third kappa shape index (κ3) is 23.2. The van der Waals surface area contributed by atoms with E-state index in [-0.39, 0.29) is 0 Å². The maximum atomic E-state index is 3.75. The molecule has 254 valence electrons. The molecule has 1 rings (SSSR count). The number of nitrogens with zero attached hydrogens (tertiary/aromatic N) is 1. The predicted molar refractivity (Wildman–Crippen MR) is 193 cm³/mol. The SMILES string of the molecule is CCCCCCCCCCCCCCC(CCCCCCCCCCCCCC)c1[nH]cc[n+]1C(C)CCCCCCC. The molecule has 0 amide bonds. The van der Waals surface area contributed by atoms with Crippen LogP contribution in [0.25, 0.3) is 0 Å². The van der Waals surface area contributed by atoms with E-state index < -0.39 is 0 Å². The summed E-state index contributed by atoms with van der Waals surface area (Å²) in [5.41, 5.74) is 0. The highest BCUT2D eigenvalue weighted by Crippen LogP contribution is 2.27. The number of hydrogen-bond acceptors (Lipinski definition) is 0. The molecule has 0 aliphatic carbocycles. The van der Waals surface area contributed by atoms with Gasteiger partial charge in [-0.3, -0.25) is 0 Å². The molecule has 0 bridgehead atoms. The predicted octanol–water partition coefficient (Wildman–Crippen LogP) is 14.5. The lowest BCUT2D eigenvalue weighted by Crippen LogP contribution is -2.41. The second-order valence-corrected chi connectivity index (χ2v) is 14.4. The first-order valence-corrected chi connectivity index (χ1v) is 20.3. The molecule has 1 aromatic rings. The maximum Gasteiger partial charge on any atom is 0.257 e. The van der Waals surface area contributed by atoms with E-state index in [9.17, 15) is 0 Å². The minimum absolute atomic E-state index is 0.620. The number of nitrogens with one attached hydrogen (secondary N) is 1. The molecule has 43 heavy (non-hydrogen) atoms. The van der Waals surface area contributed by atoms with E-state index in [4.69, 9.17) is 0 Å². The molecule has 1 N–H and O–H groups in total. The lowest BCUT2D eigenvalue weighted by atomic mass is 9.92. The average Bonchev–Trinajstić information content (AvgIpc) is 3.51. The Morgan fingerprint density at radius 1 is 0.442 bits per heavy atom. The van der Waals surface area contributed by atoms with Crippen LogP contribution in [0, 0.1) is 0 Å². The third-order valence-corrected chi connectivity index (χ3v) is 10.1. The molecule has 0 aliphatic heterocycles. The quantitative estimate of drug-likeness (QED) is 0.0599. The van der Waals surface area contributed by atoms with Crippen LogP contribution >= 0.6 is 0 Å². The van der Waals surface area contributed by atoms with Crippen LogP contribution < -0.4 is 4.57 Å². The zero-order valence-electron chi connectivity index (χ0n) is 30.4. The van der Waals surface area contributed by atoms with Gasteiger partial charge in [0.15, 0.2) is 0 Å². The van der Waals surface area contributed by atoms with Crippen molar-refractivity contribution in [3.05, 3.63) is 18.2 Å². The van der Waals surface area contributed by atoms with Crippen molar-refractivity contribution in [2.75, 3.05) is 0 Å². The molecule has 0 fully saturated rings. The van der Waals surface area contributed by atoms with Crippen LogP contribution in [0.4, 0.5) is 0 Å². The number of unbranched alkanes of at least 4 members (excludes halogenated alkanes) is 26. The van der Waals surface area contributed by atoms with E-state index in [1.54, 1.807) is 0 Å². The highest BCUT2D eigenvalue weighted by Gasteiger charge is 2.25. The van der Waals surface area contributed by atoms with E-state index >= 15 is 0 Å². The fraction of sp³-hybridized carbons (Fsp3) is 0.927. The Morgan fingerprint density at radius 2 is 0.744 bits per heavy atom.